The van der Waals surface area contributed by atoms with E-state index >= 15 is 0 Å². The van der Waals surface area contributed by atoms with Crippen molar-refractivity contribution in [2.24, 2.45) is 0 Å². The Labute approximate surface area is 149 Å². The second-order valence-corrected chi connectivity index (χ2v) is 6.36. The van der Waals surface area contributed by atoms with Crippen LogP contribution in [0.15, 0.2) is 27.9 Å². The fourth-order valence-electron chi connectivity index (χ4n) is 2.63. The van der Waals surface area contributed by atoms with Gasteiger partial charge in [0.1, 0.15) is 0 Å². The van der Waals surface area contributed by atoms with Crippen molar-refractivity contribution in [2.75, 3.05) is 13.7 Å². The molecule has 2 N–H and O–H groups in total. The highest BCUT2D eigenvalue weighted by atomic mass is 79.9. The van der Waals surface area contributed by atoms with E-state index in [1.165, 1.54) is 0 Å². The third-order valence-electron chi connectivity index (χ3n) is 3.52. The number of halogens is 1. The zero-order valence-corrected chi connectivity index (χ0v) is 15.9. The molecule has 0 radical (unpaired) electrons. The van der Waals surface area contributed by atoms with Crippen LogP contribution in [-0.4, -0.2) is 24.6 Å². The Morgan fingerprint density at radius 2 is 2.13 bits per heavy atom. The van der Waals surface area contributed by atoms with E-state index in [0.717, 1.165) is 15.7 Å². The van der Waals surface area contributed by atoms with E-state index in [-0.39, 0.29) is 11.8 Å². The zero-order chi connectivity index (χ0) is 17.1. The molecule has 0 fully saturated rings. The Morgan fingerprint density at radius 3 is 2.70 bits per heavy atom. The Bertz CT molecular complexity index is 688. The van der Waals surface area contributed by atoms with Crippen LogP contribution in [0, 0.1) is 0 Å². The summed E-state index contributed by atoms with van der Waals surface area (Å²) >= 11 is 8.73. The normalized spacial score (nSPS) is 17.4. The topological polar surface area (TPSA) is 59.6 Å². The smallest absolute Gasteiger partial charge is 0.174 e. The number of thiocarbonyl (C=S) groups is 1. The van der Waals surface area contributed by atoms with Crippen LogP contribution >= 0.6 is 28.1 Å². The first-order valence-electron chi connectivity index (χ1n) is 7.18. The Balaban J connectivity index is 2.57. The number of methoxy groups -OCH3 is 1. The van der Waals surface area contributed by atoms with E-state index in [0.29, 0.717) is 28.8 Å². The van der Waals surface area contributed by atoms with Crippen molar-refractivity contribution >= 4 is 39.0 Å². The molecule has 1 atom stereocenters. The average Bonchev–Trinajstić information content (AvgIpc) is 2.45. The van der Waals surface area contributed by atoms with Crippen LogP contribution in [0.3, 0.4) is 0 Å². The van der Waals surface area contributed by atoms with E-state index < -0.39 is 0 Å². The number of carbonyl (C=O) groups excluding carboxylic acids is 1. The molecule has 1 aliphatic rings. The molecule has 7 heteroatoms. The highest BCUT2D eigenvalue weighted by Crippen LogP contribution is 2.40. The first kappa shape index (κ1) is 17.7. The van der Waals surface area contributed by atoms with Gasteiger partial charge in [0, 0.05) is 11.3 Å². The molecule has 0 spiro atoms. The molecule has 5 nitrogen and oxygen atoms in total. The van der Waals surface area contributed by atoms with Gasteiger partial charge < -0.3 is 20.1 Å². The molecule has 1 heterocycles. The first-order valence-corrected chi connectivity index (χ1v) is 8.38. The van der Waals surface area contributed by atoms with Crippen LogP contribution in [0.4, 0.5) is 0 Å². The monoisotopic (exact) mass is 398 g/mol. The zero-order valence-electron chi connectivity index (χ0n) is 13.5. The number of nitrogens with one attached hydrogen (secondary N) is 2. The molecule has 0 aromatic heterocycles. The van der Waals surface area contributed by atoms with E-state index in [4.69, 9.17) is 21.7 Å². The van der Waals surface area contributed by atoms with Crippen LogP contribution in [0.2, 0.25) is 0 Å². The van der Waals surface area contributed by atoms with Crippen molar-refractivity contribution in [3.63, 3.8) is 0 Å². The predicted octanol–water partition coefficient (Wildman–Crippen LogP) is 3.24. The van der Waals surface area contributed by atoms with Crippen LogP contribution in [0.1, 0.15) is 32.4 Å². The summed E-state index contributed by atoms with van der Waals surface area (Å²) in [7, 11) is 1.59. The van der Waals surface area contributed by atoms with Gasteiger partial charge in [-0.3, -0.25) is 4.79 Å². The van der Waals surface area contributed by atoms with Crippen LogP contribution in [0.25, 0.3) is 0 Å². The summed E-state index contributed by atoms with van der Waals surface area (Å²) in [5.41, 5.74) is 2.28. The summed E-state index contributed by atoms with van der Waals surface area (Å²) in [6, 6.07) is 3.45. The van der Waals surface area contributed by atoms with Gasteiger partial charge in [0.05, 0.1) is 24.2 Å². The van der Waals surface area contributed by atoms with Gasteiger partial charge in [-0.05, 0) is 66.6 Å². The van der Waals surface area contributed by atoms with Gasteiger partial charge in [-0.15, -0.1) is 0 Å². The van der Waals surface area contributed by atoms with Gasteiger partial charge in [-0.25, -0.2) is 0 Å². The Hall–Kier alpha value is -1.60. The molecule has 0 aliphatic carbocycles. The van der Waals surface area contributed by atoms with E-state index in [1.807, 2.05) is 26.0 Å². The summed E-state index contributed by atoms with van der Waals surface area (Å²) in [6.07, 6.45) is 0. The van der Waals surface area contributed by atoms with Gasteiger partial charge in [-0.1, -0.05) is 0 Å². The summed E-state index contributed by atoms with van der Waals surface area (Å²) in [6.45, 7) is 5.81. The standard InChI is InChI=1S/C16H19BrN2O3S/c1-5-22-12-7-10(6-11(17)15(12)21-4)14-13(9(3)20)8(2)18-16(23)19-14/h6-7,14H,5H2,1-4H3,(H2,18,19,23)/t14-/m0/s1. The van der Waals surface area contributed by atoms with Crippen LogP contribution in [-0.2, 0) is 4.79 Å². The van der Waals surface area contributed by atoms with E-state index in [1.54, 1.807) is 14.0 Å². The minimum atomic E-state index is -0.331. The Kier molecular flexibility index (Phi) is 5.64. The Morgan fingerprint density at radius 1 is 1.43 bits per heavy atom. The predicted molar refractivity (Wildman–Crippen MR) is 96.9 cm³/mol. The average molecular weight is 399 g/mol. The maximum Gasteiger partial charge on any atom is 0.174 e. The van der Waals surface area contributed by atoms with Crippen LogP contribution < -0.4 is 20.1 Å². The largest absolute Gasteiger partial charge is 0.492 e. The second-order valence-electron chi connectivity index (χ2n) is 5.09. The molecular weight excluding hydrogens is 380 g/mol. The molecule has 23 heavy (non-hydrogen) atoms. The minimum absolute atomic E-state index is 0.0140. The van der Waals surface area contributed by atoms with Gasteiger partial charge in [0.15, 0.2) is 22.4 Å². The number of rotatable bonds is 5. The number of Topliss-reactive ketones (excluding diaryl/α,β-unsaturated/α-hetero) is 1. The minimum Gasteiger partial charge on any atom is -0.492 e. The molecule has 0 unspecified atom stereocenters. The summed E-state index contributed by atoms with van der Waals surface area (Å²) in [5, 5.41) is 6.64. The van der Waals surface area contributed by atoms with Gasteiger partial charge >= 0.3 is 0 Å². The number of benzene rings is 1. The molecule has 0 amide bonds. The fraction of sp³-hybridized carbons (Fsp3) is 0.375. The molecule has 1 aromatic carbocycles. The number of carbonyl (C=O) groups is 1. The molecule has 0 saturated carbocycles. The summed E-state index contributed by atoms with van der Waals surface area (Å²) < 4.78 is 11.8. The van der Waals surface area contributed by atoms with Crippen molar-refractivity contribution in [1.82, 2.24) is 10.6 Å². The SMILES string of the molecule is CCOc1cc([C@@H]2NC(=S)NC(C)=C2C(C)=O)cc(Br)c1OC. The molecule has 124 valence electrons. The molecule has 2 rings (SSSR count). The van der Waals surface area contributed by atoms with Gasteiger partial charge in [-0.2, -0.15) is 0 Å². The van der Waals surface area contributed by atoms with Crippen molar-refractivity contribution in [3.05, 3.63) is 33.4 Å². The maximum absolute atomic E-state index is 12.1. The highest BCUT2D eigenvalue weighted by Gasteiger charge is 2.29. The third-order valence-corrected chi connectivity index (χ3v) is 4.33. The fourth-order valence-corrected chi connectivity index (χ4v) is 3.52. The maximum atomic E-state index is 12.1. The quantitative estimate of drug-likeness (QED) is 0.742. The lowest BCUT2D eigenvalue weighted by Crippen LogP contribution is -2.44. The number of allylic oxidation sites excluding steroid dienone is 1. The second kappa shape index (κ2) is 7.31. The lowest BCUT2D eigenvalue weighted by atomic mass is 9.93. The van der Waals surface area contributed by atoms with Gasteiger partial charge in [0.25, 0.3) is 0 Å². The number of hydrogen-bond donors (Lipinski definition) is 2. The van der Waals surface area contributed by atoms with Crippen molar-refractivity contribution < 1.29 is 14.3 Å². The lowest BCUT2D eigenvalue weighted by molar-refractivity contribution is -0.114. The number of hydrogen-bond acceptors (Lipinski definition) is 4. The van der Waals surface area contributed by atoms with Crippen molar-refractivity contribution in [1.29, 1.82) is 0 Å². The molecule has 1 aliphatic heterocycles. The molecule has 0 saturated heterocycles. The van der Waals surface area contributed by atoms with E-state index in [2.05, 4.69) is 26.6 Å². The number of ketones is 1. The molecule has 1 aromatic rings. The number of ether oxygens (including phenoxy) is 2. The van der Waals surface area contributed by atoms with Crippen LogP contribution in [0.5, 0.6) is 11.5 Å². The summed E-state index contributed by atoms with van der Waals surface area (Å²) in [5.74, 6) is 1.23. The van der Waals surface area contributed by atoms with E-state index in [9.17, 15) is 4.79 Å². The molecular formula is C16H19BrN2O3S. The van der Waals surface area contributed by atoms with Crippen molar-refractivity contribution in [2.45, 2.75) is 26.8 Å². The van der Waals surface area contributed by atoms with Gasteiger partial charge in [0.2, 0.25) is 0 Å². The highest BCUT2D eigenvalue weighted by molar-refractivity contribution is 9.10. The molecule has 0 bridgehead atoms. The third kappa shape index (κ3) is 3.67. The summed E-state index contributed by atoms with van der Waals surface area (Å²) in [4.78, 5) is 12.1. The van der Waals surface area contributed by atoms with Crippen molar-refractivity contribution in [3.8, 4) is 11.5 Å². The first-order chi connectivity index (χ1) is 10.9. The lowest BCUT2D eigenvalue weighted by Gasteiger charge is -2.30.